The highest BCUT2D eigenvalue weighted by atomic mass is 32.2. The van der Waals surface area contributed by atoms with Crippen LogP contribution in [0.5, 0.6) is 11.5 Å². The van der Waals surface area contributed by atoms with Crippen LogP contribution in [0.25, 0.3) is 0 Å². The van der Waals surface area contributed by atoms with E-state index in [9.17, 15) is 14.4 Å². The van der Waals surface area contributed by atoms with Crippen LogP contribution < -0.4 is 20.1 Å². The van der Waals surface area contributed by atoms with Gasteiger partial charge >= 0.3 is 0 Å². The smallest absolute Gasteiger partial charge is 0.263 e. The average Bonchev–Trinajstić information content (AvgIpc) is 2.84. The lowest BCUT2D eigenvalue weighted by molar-refractivity contribution is -0.115. The molecule has 7 nitrogen and oxygen atoms in total. The van der Waals surface area contributed by atoms with Gasteiger partial charge in [-0.3, -0.25) is 14.4 Å². The highest BCUT2D eigenvalue weighted by Crippen LogP contribution is 2.30. The van der Waals surface area contributed by atoms with Crippen molar-refractivity contribution >= 4 is 40.7 Å². The lowest BCUT2D eigenvalue weighted by Gasteiger charge is -2.14. The maximum absolute atomic E-state index is 12.8. The zero-order chi connectivity index (χ0) is 24.7. The summed E-state index contributed by atoms with van der Waals surface area (Å²) in [7, 11) is 2.99. The molecular weight excluding hydrogens is 452 g/mol. The highest BCUT2D eigenvalue weighted by molar-refractivity contribution is 8.00. The molecule has 2 N–H and O–H groups in total. The van der Waals surface area contributed by atoms with Gasteiger partial charge in [0.15, 0.2) is 5.78 Å². The van der Waals surface area contributed by atoms with E-state index < -0.39 is 0 Å². The predicted octanol–water partition coefficient (Wildman–Crippen LogP) is 5.28. The van der Waals surface area contributed by atoms with Crippen molar-refractivity contribution in [1.29, 1.82) is 0 Å². The summed E-state index contributed by atoms with van der Waals surface area (Å²) >= 11 is 1.40. The van der Waals surface area contributed by atoms with Crippen LogP contribution >= 0.6 is 11.8 Å². The molecular formula is C26H26N2O5S. The molecule has 0 bridgehead atoms. The van der Waals surface area contributed by atoms with E-state index >= 15 is 0 Å². The molecule has 3 rings (SSSR count). The van der Waals surface area contributed by atoms with Gasteiger partial charge in [0.1, 0.15) is 17.1 Å². The summed E-state index contributed by atoms with van der Waals surface area (Å²) in [6.45, 7) is 3.31. The van der Waals surface area contributed by atoms with E-state index in [0.717, 1.165) is 4.90 Å². The van der Waals surface area contributed by atoms with Gasteiger partial charge in [-0.15, -0.1) is 11.8 Å². The van der Waals surface area contributed by atoms with E-state index in [1.807, 2.05) is 19.1 Å². The lowest BCUT2D eigenvalue weighted by Crippen LogP contribution is -2.22. The molecule has 0 spiro atoms. The minimum atomic E-state index is -0.356. The monoisotopic (exact) mass is 478 g/mol. The number of Topliss-reactive ketones (excluding diaryl/α,β-unsaturated/α-hetero) is 1. The van der Waals surface area contributed by atoms with Crippen LogP contribution in [0.15, 0.2) is 71.6 Å². The number of benzene rings is 3. The molecule has 34 heavy (non-hydrogen) atoms. The Morgan fingerprint density at radius 3 is 1.85 bits per heavy atom. The Morgan fingerprint density at radius 2 is 1.32 bits per heavy atom. The molecule has 2 amide bonds. The normalized spacial score (nSPS) is 11.3. The maximum atomic E-state index is 12.8. The first-order valence-corrected chi connectivity index (χ1v) is 11.4. The summed E-state index contributed by atoms with van der Waals surface area (Å²) < 4.78 is 10.6. The molecule has 0 aliphatic carbocycles. The van der Waals surface area contributed by atoms with E-state index in [1.165, 1.54) is 32.9 Å². The van der Waals surface area contributed by atoms with Crippen molar-refractivity contribution in [3.63, 3.8) is 0 Å². The van der Waals surface area contributed by atoms with Crippen molar-refractivity contribution in [2.75, 3.05) is 24.9 Å². The molecule has 176 valence electrons. The van der Waals surface area contributed by atoms with Crippen LogP contribution in [0, 0.1) is 0 Å². The molecule has 0 aromatic heterocycles. The summed E-state index contributed by atoms with van der Waals surface area (Å²) in [5.41, 5.74) is 2.14. The Balaban J connectivity index is 1.60. The highest BCUT2D eigenvalue weighted by Gasteiger charge is 2.19. The Bertz CT molecular complexity index is 1150. The number of carbonyl (C=O) groups excluding carboxylic acids is 3. The molecule has 3 aromatic rings. The van der Waals surface area contributed by atoms with Crippen LogP contribution in [0.4, 0.5) is 11.4 Å². The maximum Gasteiger partial charge on any atom is 0.263 e. The third kappa shape index (κ3) is 6.17. The third-order valence-electron chi connectivity index (χ3n) is 5.01. The van der Waals surface area contributed by atoms with Crippen molar-refractivity contribution < 1.29 is 23.9 Å². The molecule has 8 heteroatoms. The predicted molar refractivity (Wildman–Crippen MR) is 134 cm³/mol. The second-order valence-electron chi connectivity index (χ2n) is 7.40. The number of nitrogens with one attached hydrogen (secondary N) is 2. The molecule has 1 unspecified atom stereocenters. The number of ether oxygens (including phenoxy) is 2. The van der Waals surface area contributed by atoms with Crippen molar-refractivity contribution in [1.82, 2.24) is 0 Å². The number of hydrogen-bond donors (Lipinski definition) is 2. The Morgan fingerprint density at radius 1 is 0.794 bits per heavy atom. The number of amides is 2. The summed E-state index contributed by atoms with van der Waals surface area (Å²) in [6, 6.07) is 19.1. The van der Waals surface area contributed by atoms with Crippen molar-refractivity contribution in [2.24, 2.45) is 0 Å². The Kier molecular flexibility index (Phi) is 8.32. The quantitative estimate of drug-likeness (QED) is 0.321. The van der Waals surface area contributed by atoms with Gasteiger partial charge in [0.2, 0.25) is 5.91 Å². The van der Waals surface area contributed by atoms with Crippen LogP contribution in [-0.2, 0) is 4.79 Å². The molecule has 0 aliphatic rings. The van der Waals surface area contributed by atoms with Crippen LogP contribution in [0.3, 0.4) is 0 Å². The average molecular weight is 479 g/mol. The van der Waals surface area contributed by atoms with Crippen LogP contribution in [0.1, 0.15) is 34.6 Å². The van der Waals surface area contributed by atoms with Gasteiger partial charge in [0.05, 0.1) is 19.5 Å². The molecule has 1 atom stereocenters. The first-order valence-electron chi connectivity index (χ1n) is 10.5. The van der Waals surface area contributed by atoms with Gasteiger partial charge in [-0.05, 0) is 74.5 Å². The van der Waals surface area contributed by atoms with Crippen molar-refractivity contribution in [3.05, 3.63) is 77.9 Å². The van der Waals surface area contributed by atoms with Gasteiger partial charge in [0.25, 0.3) is 5.91 Å². The number of carbonyl (C=O) groups is 3. The number of rotatable bonds is 9. The number of methoxy groups -OCH3 is 2. The summed E-state index contributed by atoms with van der Waals surface area (Å²) in [5, 5.41) is 5.34. The minimum Gasteiger partial charge on any atom is -0.496 e. The Labute approximate surface area is 202 Å². The SMILES string of the molecule is COc1cccc(OC)c1C(=O)Nc1ccc(SC(C)C(=O)Nc2ccc(C(C)=O)cc2)cc1. The van der Waals surface area contributed by atoms with Crippen molar-refractivity contribution in [3.8, 4) is 11.5 Å². The second-order valence-corrected chi connectivity index (χ2v) is 8.81. The number of thioether (sulfide) groups is 1. The fourth-order valence-electron chi connectivity index (χ4n) is 3.18. The van der Waals surface area contributed by atoms with Gasteiger partial charge < -0.3 is 20.1 Å². The van der Waals surface area contributed by atoms with E-state index in [2.05, 4.69) is 10.6 Å². The lowest BCUT2D eigenvalue weighted by atomic mass is 10.1. The molecule has 0 heterocycles. The summed E-state index contributed by atoms with van der Waals surface area (Å²) in [6.07, 6.45) is 0. The van der Waals surface area contributed by atoms with Crippen LogP contribution in [-0.4, -0.2) is 37.1 Å². The third-order valence-corrected chi connectivity index (χ3v) is 6.12. The fraction of sp³-hybridized carbons (Fsp3) is 0.192. The standard InChI is InChI=1S/C26H26N2O5S/c1-16(29)18-8-10-19(11-9-18)27-25(30)17(2)34-21-14-12-20(13-15-21)28-26(31)24-22(32-3)6-5-7-23(24)33-4/h5-15,17H,1-4H3,(H,27,30)(H,28,31). The summed E-state index contributed by atoms with van der Waals surface area (Å²) in [4.78, 5) is 37.6. The molecule has 0 aliphatic heterocycles. The molecule has 3 aromatic carbocycles. The van der Waals surface area contributed by atoms with E-state index in [-0.39, 0.29) is 22.8 Å². The zero-order valence-electron chi connectivity index (χ0n) is 19.4. The first kappa shape index (κ1) is 24.9. The van der Waals surface area contributed by atoms with Crippen LogP contribution in [0.2, 0.25) is 0 Å². The molecule has 0 radical (unpaired) electrons. The molecule has 0 saturated carbocycles. The fourth-order valence-corrected chi connectivity index (χ4v) is 4.04. The van der Waals surface area contributed by atoms with E-state index in [0.29, 0.717) is 34.0 Å². The summed E-state index contributed by atoms with van der Waals surface area (Å²) in [5.74, 6) is 0.308. The topological polar surface area (TPSA) is 93.7 Å². The largest absolute Gasteiger partial charge is 0.496 e. The van der Waals surface area contributed by atoms with Gasteiger partial charge in [0, 0.05) is 21.8 Å². The Hall–Kier alpha value is -3.78. The second kappa shape index (κ2) is 11.4. The molecule has 0 saturated heterocycles. The molecule has 0 fully saturated rings. The zero-order valence-corrected chi connectivity index (χ0v) is 20.2. The van der Waals surface area contributed by atoms with Gasteiger partial charge in [-0.1, -0.05) is 6.07 Å². The number of ketones is 1. The minimum absolute atomic E-state index is 0.0246. The van der Waals surface area contributed by atoms with Crippen molar-refractivity contribution in [2.45, 2.75) is 24.0 Å². The first-order chi connectivity index (χ1) is 16.3. The van der Waals surface area contributed by atoms with E-state index in [1.54, 1.807) is 54.6 Å². The van der Waals surface area contributed by atoms with E-state index in [4.69, 9.17) is 9.47 Å². The van der Waals surface area contributed by atoms with Gasteiger partial charge in [-0.25, -0.2) is 0 Å². The van der Waals surface area contributed by atoms with Gasteiger partial charge in [-0.2, -0.15) is 0 Å². The number of anilines is 2. The number of hydrogen-bond acceptors (Lipinski definition) is 6.